The van der Waals surface area contributed by atoms with Gasteiger partial charge in [0.25, 0.3) is 0 Å². The molecule has 2 heterocycles. The van der Waals surface area contributed by atoms with E-state index in [0.717, 1.165) is 32.8 Å². The number of fused-ring (bicyclic) bond motifs is 4. The summed E-state index contributed by atoms with van der Waals surface area (Å²) in [7, 11) is -0.389. The number of benzene rings is 5. The number of furan rings is 1. The summed E-state index contributed by atoms with van der Waals surface area (Å²) in [6.45, 7) is 8.34. The Bertz CT molecular complexity index is 1660. The Morgan fingerprint density at radius 2 is 1.31 bits per heavy atom. The van der Waals surface area contributed by atoms with E-state index in [1.807, 2.05) is 6.07 Å². The van der Waals surface area contributed by atoms with Gasteiger partial charge in [-0.1, -0.05) is 48.5 Å². The molecule has 0 N–H and O–H groups in total. The average Bonchev–Trinajstić information content (AvgIpc) is 3.24. The van der Waals surface area contributed by atoms with Gasteiger partial charge < -0.3 is 13.7 Å². The largest absolute Gasteiger partial charge is 0.494 e. The van der Waals surface area contributed by atoms with Gasteiger partial charge in [-0.15, -0.1) is 0 Å². The van der Waals surface area contributed by atoms with E-state index < -0.39 is 0 Å². The Balaban J connectivity index is 1.50. The Morgan fingerprint density at radius 3 is 2.06 bits per heavy atom. The van der Waals surface area contributed by atoms with E-state index >= 15 is 0 Å². The molecule has 7 rings (SSSR count). The molecule has 0 amide bonds. The minimum absolute atomic E-state index is 0.366. The highest BCUT2D eigenvalue weighted by Crippen LogP contribution is 2.42. The minimum Gasteiger partial charge on any atom is -0.455 e. The smallest absolute Gasteiger partial charge is 0.455 e. The lowest BCUT2D eigenvalue weighted by molar-refractivity contribution is 0.00578. The van der Waals surface area contributed by atoms with Crippen LogP contribution >= 0.6 is 0 Å². The number of hydrogen-bond donors (Lipinski definition) is 0. The van der Waals surface area contributed by atoms with Crippen LogP contribution in [0.5, 0.6) is 0 Å². The van der Waals surface area contributed by atoms with E-state index in [0.29, 0.717) is 0 Å². The maximum atomic E-state index is 6.43. The van der Waals surface area contributed by atoms with Crippen LogP contribution in [0, 0.1) is 0 Å². The molecule has 1 fully saturated rings. The summed E-state index contributed by atoms with van der Waals surface area (Å²) in [6.07, 6.45) is 0. The molecule has 32 heavy (non-hydrogen) atoms. The molecule has 1 aliphatic rings. The van der Waals surface area contributed by atoms with Crippen molar-refractivity contribution >= 4 is 66.8 Å². The Kier molecular flexibility index (Phi) is 3.37. The highest BCUT2D eigenvalue weighted by atomic mass is 16.7. The summed E-state index contributed by atoms with van der Waals surface area (Å²) >= 11 is 0. The number of hydrogen-bond acceptors (Lipinski definition) is 3. The van der Waals surface area contributed by atoms with Gasteiger partial charge in [0.2, 0.25) is 0 Å². The van der Waals surface area contributed by atoms with Gasteiger partial charge in [0.1, 0.15) is 11.2 Å². The summed E-state index contributed by atoms with van der Waals surface area (Å²) in [5, 5.41) is 9.73. The van der Waals surface area contributed by atoms with Crippen LogP contribution in [0.1, 0.15) is 27.7 Å². The molecule has 4 heteroatoms. The van der Waals surface area contributed by atoms with E-state index in [1.165, 1.54) is 26.9 Å². The van der Waals surface area contributed by atoms with E-state index in [-0.39, 0.29) is 18.3 Å². The molecule has 0 atom stereocenters. The molecule has 3 nitrogen and oxygen atoms in total. The molecule has 1 saturated heterocycles. The zero-order chi connectivity index (χ0) is 21.8. The van der Waals surface area contributed by atoms with Crippen LogP contribution in [0.2, 0.25) is 0 Å². The predicted molar refractivity (Wildman–Crippen MR) is 133 cm³/mol. The Labute approximate surface area is 186 Å². The van der Waals surface area contributed by atoms with Crippen LogP contribution in [-0.2, 0) is 9.31 Å². The quantitative estimate of drug-likeness (QED) is 0.218. The van der Waals surface area contributed by atoms with Crippen molar-refractivity contribution in [2.75, 3.05) is 0 Å². The fourth-order valence-corrected chi connectivity index (χ4v) is 5.18. The van der Waals surface area contributed by atoms with Crippen LogP contribution in [-0.4, -0.2) is 18.3 Å². The molecule has 0 radical (unpaired) electrons. The van der Waals surface area contributed by atoms with Crippen LogP contribution < -0.4 is 5.46 Å². The van der Waals surface area contributed by atoms with Gasteiger partial charge >= 0.3 is 7.12 Å². The van der Waals surface area contributed by atoms with Crippen molar-refractivity contribution < 1.29 is 13.7 Å². The fraction of sp³-hybridized carbons (Fsp3) is 0.214. The van der Waals surface area contributed by atoms with E-state index in [4.69, 9.17) is 13.7 Å². The van der Waals surface area contributed by atoms with Crippen LogP contribution in [0.15, 0.2) is 71.1 Å². The molecule has 0 aliphatic carbocycles. The van der Waals surface area contributed by atoms with Gasteiger partial charge in [-0.05, 0) is 72.9 Å². The normalized spacial score (nSPS) is 18.2. The Morgan fingerprint density at radius 1 is 0.625 bits per heavy atom. The van der Waals surface area contributed by atoms with Crippen molar-refractivity contribution in [2.45, 2.75) is 38.9 Å². The van der Waals surface area contributed by atoms with Crippen molar-refractivity contribution in [3.8, 4) is 0 Å². The first kappa shape index (κ1) is 18.5. The molecular weight excluding hydrogens is 395 g/mol. The van der Waals surface area contributed by atoms with E-state index in [1.54, 1.807) is 0 Å². The second kappa shape index (κ2) is 5.83. The molecule has 156 valence electrons. The molecule has 0 spiro atoms. The van der Waals surface area contributed by atoms with Crippen molar-refractivity contribution in [1.82, 2.24) is 0 Å². The van der Waals surface area contributed by atoms with E-state index in [9.17, 15) is 0 Å². The summed E-state index contributed by atoms with van der Waals surface area (Å²) in [5.41, 5.74) is 2.11. The highest BCUT2D eigenvalue weighted by Gasteiger charge is 2.51. The second-order valence-corrected chi connectivity index (χ2v) is 10.1. The fourth-order valence-electron chi connectivity index (χ4n) is 5.18. The second-order valence-electron chi connectivity index (χ2n) is 10.1. The monoisotopic (exact) mass is 418 g/mol. The van der Waals surface area contributed by atoms with Crippen LogP contribution in [0.4, 0.5) is 0 Å². The third kappa shape index (κ3) is 2.29. The van der Waals surface area contributed by atoms with Crippen LogP contribution in [0.25, 0.3) is 54.3 Å². The van der Waals surface area contributed by atoms with E-state index in [2.05, 4.69) is 88.4 Å². The SMILES string of the molecule is CC1(C)OB(c2ccc3oc4c(cc5ccc6cccc7ccc4c5c67)c3c2)OC1(C)C. The molecule has 5 aromatic carbocycles. The lowest BCUT2D eigenvalue weighted by Crippen LogP contribution is -2.41. The first-order chi connectivity index (χ1) is 15.3. The van der Waals surface area contributed by atoms with Gasteiger partial charge in [0.15, 0.2) is 0 Å². The third-order valence-corrected chi connectivity index (χ3v) is 7.63. The zero-order valence-electron chi connectivity index (χ0n) is 18.7. The lowest BCUT2D eigenvalue weighted by Gasteiger charge is -2.32. The molecular formula is C28H23BO3. The molecule has 1 aromatic heterocycles. The van der Waals surface area contributed by atoms with Crippen LogP contribution in [0.3, 0.4) is 0 Å². The van der Waals surface area contributed by atoms with Crippen molar-refractivity contribution in [3.05, 3.63) is 66.7 Å². The Hall–Kier alpha value is -3.08. The standard InChI is InChI=1S/C28H23BO3/c1-27(2)28(3,4)32-29(31-27)19-11-13-23-21(15-19)22-14-18-9-8-16-6-5-7-17-10-12-20(26(22)30-23)25(18)24(16)17/h5-15H,1-4H3. The van der Waals surface area contributed by atoms with Gasteiger partial charge in [0, 0.05) is 21.5 Å². The summed E-state index contributed by atoms with van der Waals surface area (Å²) < 4.78 is 19.0. The van der Waals surface area contributed by atoms with Gasteiger partial charge in [-0.3, -0.25) is 0 Å². The zero-order valence-corrected chi connectivity index (χ0v) is 18.7. The van der Waals surface area contributed by atoms with Crippen molar-refractivity contribution in [2.24, 2.45) is 0 Å². The highest BCUT2D eigenvalue weighted by molar-refractivity contribution is 6.62. The molecule has 0 bridgehead atoms. The topological polar surface area (TPSA) is 31.6 Å². The maximum absolute atomic E-state index is 6.43. The average molecular weight is 418 g/mol. The van der Waals surface area contributed by atoms with Crippen molar-refractivity contribution in [1.29, 1.82) is 0 Å². The lowest BCUT2D eigenvalue weighted by atomic mass is 9.78. The molecule has 0 saturated carbocycles. The summed E-state index contributed by atoms with van der Waals surface area (Å²) in [5.74, 6) is 0. The number of rotatable bonds is 1. The molecule has 6 aromatic rings. The third-order valence-electron chi connectivity index (χ3n) is 7.63. The maximum Gasteiger partial charge on any atom is 0.494 e. The van der Waals surface area contributed by atoms with Crippen molar-refractivity contribution in [3.63, 3.8) is 0 Å². The first-order valence-corrected chi connectivity index (χ1v) is 11.2. The van der Waals surface area contributed by atoms with Gasteiger partial charge in [-0.2, -0.15) is 0 Å². The van der Waals surface area contributed by atoms with Gasteiger partial charge in [0.05, 0.1) is 11.2 Å². The summed E-state index contributed by atoms with van der Waals surface area (Å²) in [6, 6.07) is 23.9. The minimum atomic E-state index is -0.389. The van der Waals surface area contributed by atoms with Gasteiger partial charge in [-0.25, -0.2) is 0 Å². The summed E-state index contributed by atoms with van der Waals surface area (Å²) in [4.78, 5) is 0. The molecule has 0 unspecified atom stereocenters. The molecule has 1 aliphatic heterocycles. The first-order valence-electron chi connectivity index (χ1n) is 11.2. The predicted octanol–water partition coefficient (Wildman–Crippen LogP) is 6.78.